The molecule has 0 aliphatic carbocycles. The number of rotatable bonds is 5. The number of carbonyl (C=O) groups excluding carboxylic acids is 1. The number of hydrogen-bond acceptors (Lipinski definition) is 3. The minimum absolute atomic E-state index is 0.195. The number of alkyl halides is 1. The SMILES string of the molecule is COCC(CCl)NC(=O)c1ccco1. The minimum Gasteiger partial charge on any atom is -0.459 e. The molecule has 0 saturated carbocycles. The van der Waals surface area contributed by atoms with Crippen LogP contribution in [0.4, 0.5) is 0 Å². The van der Waals surface area contributed by atoms with Crippen molar-refractivity contribution < 1.29 is 13.9 Å². The zero-order chi connectivity index (χ0) is 10.4. The standard InChI is InChI=1S/C9H12ClNO3/c1-13-6-7(5-10)11-9(12)8-3-2-4-14-8/h2-4,7H,5-6H2,1H3,(H,11,12). The Balaban J connectivity index is 2.47. The Morgan fingerprint density at radius 2 is 2.57 bits per heavy atom. The van der Waals surface area contributed by atoms with E-state index in [9.17, 15) is 4.79 Å². The summed E-state index contributed by atoms with van der Waals surface area (Å²) in [4.78, 5) is 11.4. The van der Waals surface area contributed by atoms with Crippen LogP contribution in [0.5, 0.6) is 0 Å². The molecule has 0 aliphatic rings. The van der Waals surface area contributed by atoms with Gasteiger partial charge < -0.3 is 14.5 Å². The molecule has 1 amide bonds. The van der Waals surface area contributed by atoms with Crippen LogP contribution in [-0.4, -0.2) is 31.5 Å². The summed E-state index contributed by atoms with van der Waals surface area (Å²) in [6.07, 6.45) is 1.45. The molecule has 1 rings (SSSR count). The molecule has 1 unspecified atom stereocenters. The van der Waals surface area contributed by atoms with Gasteiger partial charge in [-0.15, -0.1) is 11.6 Å². The first-order valence-electron chi connectivity index (χ1n) is 4.17. The summed E-state index contributed by atoms with van der Waals surface area (Å²) >= 11 is 5.63. The van der Waals surface area contributed by atoms with Crippen molar-refractivity contribution in [2.75, 3.05) is 19.6 Å². The largest absolute Gasteiger partial charge is 0.459 e. The average Bonchev–Trinajstić information content (AvgIpc) is 2.69. The summed E-state index contributed by atoms with van der Waals surface area (Å²) in [5.41, 5.74) is 0. The first-order valence-corrected chi connectivity index (χ1v) is 4.70. The zero-order valence-corrected chi connectivity index (χ0v) is 8.58. The second-order valence-corrected chi connectivity index (χ2v) is 3.07. The maximum absolute atomic E-state index is 11.4. The maximum Gasteiger partial charge on any atom is 0.287 e. The fourth-order valence-corrected chi connectivity index (χ4v) is 1.16. The molecule has 1 atom stereocenters. The van der Waals surface area contributed by atoms with Crippen molar-refractivity contribution in [1.29, 1.82) is 0 Å². The third-order valence-corrected chi connectivity index (χ3v) is 2.01. The number of halogens is 1. The second-order valence-electron chi connectivity index (χ2n) is 2.76. The van der Waals surface area contributed by atoms with Crippen LogP contribution in [0.2, 0.25) is 0 Å². The van der Waals surface area contributed by atoms with Gasteiger partial charge in [-0.2, -0.15) is 0 Å². The third kappa shape index (κ3) is 3.05. The van der Waals surface area contributed by atoms with Crippen LogP contribution < -0.4 is 5.32 Å². The summed E-state index contributed by atoms with van der Waals surface area (Å²) in [5.74, 6) is 0.300. The lowest BCUT2D eigenvalue weighted by atomic mass is 10.3. The monoisotopic (exact) mass is 217 g/mol. The molecule has 1 heterocycles. The fourth-order valence-electron chi connectivity index (χ4n) is 0.990. The van der Waals surface area contributed by atoms with Gasteiger partial charge in [0, 0.05) is 13.0 Å². The highest BCUT2D eigenvalue weighted by Gasteiger charge is 2.14. The van der Waals surface area contributed by atoms with Crippen molar-refractivity contribution in [3.05, 3.63) is 24.2 Å². The Morgan fingerprint density at radius 1 is 1.79 bits per heavy atom. The minimum atomic E-state index is -0.280. The Hall–Kier alpha value is -1.00. The Labute approximate surface area is 87.2 Å². The lowest BCUT2D eigenvalue weighted by Gasteiger charge is -2.13. The smallest absolute Gasteiger partial charge is 0.287 e. The molecule has 1 aromatic rings. The first-order chi connectivity index (χ1) is 6.77. The predicted molar refractivity (Wildman–Crippen MR) is 52.6 cm³/mol. The van der Waals surface area contributed by atoms with Gasteiger partial charge in [0.15, 0.2) is 5.76 Å². The molecular formula is C9H12ClNO3. The number of amides is 1. The summed E-state index contributed by atoms with van der Waals surface area (Å²) in [7, 11) is 1.55. The van der Waals surface area contributed by atoms with Crippen molar-refractivity contribution in [1.82, 2.24) is 5.32 Å². The number of methoxy groups -OCH3 is 1. The van der Waals surface area contributed by atoms with Gasteiger partial charge in [-0.1, -0.05) is 0 Å². The van der Waals surface area contributed by atoms with Crippen LogP contribution in [0, 0.1) is 0 Å². The number of nitrogens with one attached hydrogen (secondary N) is 1. The Morgan fingerprint density at radius 3 is 3.07 bits per heavy atom. The quantitative estimate of drug-likeness (QED) is 0.756. The van der Waals surface area contributed by atoms with Gasteiger partial charge in [0.1, 0.15) is 0 Å². The highest BCUT2D eigenvalue weighted by molar-refractivity contribution is 6.18. The summed E-state index contributed by atoms with van der Waals surface area (Å²) < 4.78 is 9.81. The van der Waals surface area contributed by atoms with E-state index < -0.39 is 0 Å². The van der Waals surface area contributed by atoms with E-state index in [2.05, 4.69) is 5.32 Å². The van der Waals surface area contributed by atoms with Crippen LogP contribution in [0.3, 0.4) is 0 Å². The molecule has 4 nitrogen and oxygen atoms in total. The van der Waals surface area contributed by atoms with Gasteiger partial charge in [-0.05, 0) is 12.1 Å². The van der Waals surface area contributed by atoms with Gasteiger partial charge >= 0.3 is 0 Å². The van der Waals surface area contributed by atoms with E-state index in [4.69, 9.17) is 20.8 Å². The lowest BCUT2D eigenvalue weighted by molar-refractivity contribution is 0.0879. The molecule has 1 aromatic heterocycles. The molecule has 1 N–H and O–H groups in total. The molecule has 0 spiro atoms. The van der Waals surface area contributed by atoms with Crippen molar-refractivity contribution in [2.45, 2.75) is 6.04 Å². The highest BCUT2D eigenvalue weighted by Crippen LogP contribution is 2.00. The number of ether oxygens (including phenoxy) is 1. The lowest BCUT2D eigenvalue weighted by Crippen LogP contribution is -2.39. The second kappa shape index (κ2) is 5.67. The predicted octanol–water partition coefficient (Wildman–Crippen LogP) is 1.26. The van der Waals surface area contributed by atoms with E-state index in [1.54, 1.807) is 19.2 Å². The van der Waals surface area contributed by atoms with E-state index in [0.29, 0.717) is 12.5 Å². The third-order valence-electron chi connectivity index (χ3n) is 1.63. The van der Waals surface area contributed by atoms with E-state index in [1.807, 2.05) is 0 Å². The van der Waals surface area contributed by atoms with Gasteiger partial charge in [0.25, 0.3) is 5.91 Å². The summed E-state index contributed by atoms with van der Waals surface area (Å²) in [5, 5.41) is 2.68. The Kier molecular flexibility index (Phi) is 4.49. The molecule has 14 heavy (non-hydrogen) atoms. The van der Waals surface area contributed by atoms with Crippen molar-refractivity contribution in [2.24, 2.45) is 0 Å². The molecule has 0 radical (unpaired) electrons. The van der Waals surface area contributed by atoms with Crippen LogP contribution in [0.1, 0.15) is 10.6 Å². The number of carbonyl (C=O) groups is 1. The molecule has 0 saturated heterocycles. The van der Waals surface area contributed by atoms with Crippen LogP contribution in [0.25, 0.3) is 0 Å². The van der Waals surface area contributed by atoms with E-state index in [-0.39, 0.29) is 17.7 Å². The fraction of sp³-hybridized carbons (Fsp3) is 0.444. The first kappa shape index (κ1) is 11.1. The number of furan rings is 1. The average molecular weight is 218 g/mol. The van der Waals surface area contributed by atoms with Gasteiger partial charge in [-0.3, -0.25) is 4.79 Å². The van der Waals surface area contributed by atoms with Crippen molar-refractivity contribution in [3.8, 4) is 0 Å². The normalized spacial score (nSPS) is 12.4. The molecular weight excluding hydrogens is 206 g/mol. The molecule has 0 aromatic carbocycles. The Bertz CT molecular complexity index is 274. The van der Waals surface area contributed by atoms with E-state index in [1.165, 1.54) is 6.26 Å². The highest BCUT2D eigenvalue weighted by atomic mass is 35.5. The van der Waals surface area contributed by atoms with Gasteiger partial charge in [0.05, 0.1) is 18.9 Å². The molecule has 78 valence electrons. The van der Waals surface area contributed by atoms with E-state index in [0.717, 1.165) is 0 Å². The topological polar surface area (TPSA) is 51.5 Å². The summed E-state index contributed by atoms with van der Waals surface area (Å²) in [6.45, 7) is 0.385. The van der Waals surface area contributed by atoms with Gasteiger partial charge in [0.2, 0.25) is 0 Å². The molecule has 5 heteroatoms. The molecule has 0 fully saturated rings. The number of hydrogen-bond donors (Lipinski definition) is 1. The van der Waals surface area contributed by atoms with Crippen molar-refractivity contribution >= 4 is 17.5 Å². The van der Waals surface area contributed by atoms with Crippen LogP contribution in [-0.2, 0) is 4.74 Å². The zero-order valence-electron chi connectivity index (χ0n) is 7.83. The summed E-state index contributed by atoms with van der Waals surface area (Å²) in [6, 6.07) is 3.05. The molecule has 0 aliphatic heterocycles. The van der Waals surface area contributed by atoms with Crippen LogP contribution in [0.15, 0.2) is 22.8 Å². The van der Waals surface area contributed by atoms with Crippen LogP contribution >= 0.6 is 11.6 Å². The van der Waals surface area contributed by atoms with Crippen molar-refractivity contribution in [3.63, 3.8) is 0 Å². The van der Waals surface area contributed by atoms with E-state index >= 15 is 0 Å². The maximum atomic E-state index is 11.4. The van der Waals surface area contributed by atoms with Gasteiger partial charge in [-0.25, -0.2) is 0 Å². The molecule has 0 bridgehead atoms.